The minimum absolute atomic E-state index is 0.00407. The van der Waals surface area contributed by atoms with Gasteiger partial charge in [-0.05, 0) is 26.0 Å². The molecule has 1 aliphatic heterocycles. The summed E-state index contributed by atoms with van der Waals surface area (Å²) in [6.45, 7) is 6.59. The van der Waals surface area contributed by atoms with Crippen molar-refractivity contribution in [2.24, 2.45) is 0 Å². The lowest BCUT2D eigenvalue weighted by Gasteiger charge is -2.42. The third-order valence-electron chi connectivity index (χ3n) is 3.27. The summed E-state index contributed by atoms with van der Waals surface area (Å²) in [7, 11) is 0. The van der Waals surface area contributed by atoms with E-state index < -0.39 is 5.54 Å². The van der Waals surface area contributed by atoms with Gasteiger partial charge in [0.15, 0.2) is 5.78 Å². The number of nitrogens with zero attached hydrogens (tertiary/aromatic N) is 2. The summed E-state index contributed by atoms with van der Waals surface area (Å²) in [6.07, 6.45) is 1.65. The molecule has 0 saturated carbocycles. The van der Waals surface area contributed by atoms with Crippen LogP contribution >= 0.6 is 0 Å². The summed E-state index contributed by atoms with van der Waals surface area (Å²) in [5, 5.41) is 2.85. The van der Waals surface area contributed by atoms with Crippen molar-refractivity contribution >= 4 is 17.4 Å². The Morgan fingerprint density at radius 3 is 2.72 bits per heavy atom. The third kappa shape index (κ3) is 2.08. The van der Waals surface area contributed by atoms with Crippen molar-refractivity contribution < 1.29 is 9.59 Å². The first-order valence-electron chi connectivity index (χ1n) is 5.96. The normalized spacial score (nSPS) is 18.4. The van der Waals surface area contributed by atoms with E-state index in [-0.39, 0.29) is 11.7 Å². The van der Waals surface area contributed by atoms with Gasteiger partial charge in [0.05, 0.1) is 11.9 Å². The van der Waals surface area contributed by atoms with E-state index >= 15 is 0 Å². The van der Waals surface area contributed by atoms with Gasteiger partial charge in [0.2, 0.25) is 5.91 Å². The number of amides is 1. The number of hydrogen-bond acceptors (Lipinski definition) is 4. The fraction of sp³-hybridized carbons (Fsp3) is 0.462. The average Bonchev–Trinajstić information content (AvgIpc) is 2.33. The first-order valence-corrected chi connectivity index (χ1v) is 5.96. The van der Waals surface area contributed by atoms with Crippen LogP contribution in [0.1, 0.15) is 31.3 Å². The summed E-state index contributed by atoms with van der Waals surface area (Å²) in [4.78, 5) is 29.1. The lowest BCUT2D eigenvalue weighted by Crippen LogP contribution is -2.62. The molecule has 1 aromatic heterocycles. The van der Waals surface area contributed by atoms with Crippen molar-refractivity contribution in [1.29, 1.82) is 0 Å². The lowest BCUT2D eigenvalue weighted by atomic mass is 9.98. The minimum atomic E-state index is -0.600. The van der Waals surface area contributed by atoms with Gasteiger partial charge < -0.3 is 10.2 Å². The fourth-order valence-corrected chi connectivity index (χ4v) is 2.11. The molecule has 96 valence electrons. The number of aromatic nitrogens is 1. The van der Waals surface area contributed by atoms with Gasteiger partial charge in [-0.1, -0.05) is 0 Å². The molecule has 18 heavy (non-hydrogen) atoms. The van der Waals surface area contributed by atoms with Crippen LogP contribution in [0.15, 0.2) is 18.3 Å². The Labute approximate surface area is 106 Å². The number of hydrogen-bond donors (Lipinski definition) is 1. The predicted octanol–water partition coefficient (Wildman–Crippen LogP) is 0.999. The van der Waals surface area contributed by atoms with Crippen molar-refractivity contribution in [1.82, 2.24) is 10.3 Å². The van der Waals surface area contributed by atoms with Crippen molar-refractivity contribution in [2.45, 2.75) is 26.3 Å². The monoisotopic (exact) mass is 247 g/mol. The molecule has 0 radical (unpaired) electrons. The Balaban J connectivity index is 2.30. The molecule has 2 heterocycles. The molecule has 0 spiro atoms. The quantitative estimate of drug-likeness (QED) is 0.792. The highest BCUT2D eigenvalue weighted by Crippen LogP contribution is 2.25. The maximum Gasteiger partial charge on any atom is 0.245 e. The molecule has 1 saturated heterocycles. The van der Waals surface area contributed by atoms with Crippen LogP contribution in [0.3, 0.4) is 0 Å². The molecule has 0 unspecified atom stereocenters. The molecule has 1 aliphatic rings. The van der Waals surface area contributed by atoms with Gasteiger partial charge >= 0.3 is 0 Å². The lowest BCUT2D eigenvalue weighted by molar-refractivity contribution is -0.126. The SMILES string of the molecule is CC(=O)c1ccc(N2CCNC(=O)C2(C)C)cn1. The van der Waals surface area contributed by atoms with Gasteiger partial charge in [-0.3, -0.25) is 14.6 Å². The highest BCUT2D eigenvalue weighted by Gasteiger charge is 2.37. The molecule has 1 aromatic rings. The molecule has 1 N–H and O–H groups in total. The number of carbonyl (C=O) groups is 2. The van der Waals surface area contributed by atoms with E-state index in [2.05, 4.69) is 10.3 Å². The topological polar surface area (TPSA) is 62.3 Å². The molecule has 0 aromatic carbocycles. The Bertz CT molecular complexity index is 480. The van der Waals surface area contributed by atoms with E-state index in [9.17, 15) is 9.59 Å². The third-order valence-corrected chi connectivity index (χ3v) is 3.27. The van der Waals surface area contributed by atoms with Crippen LogP contribution in [0.4, 0.5) is 5.69 Å². The number of rotatable bonds is 2. The largest absolute Gasteiger partial charge is 0.354 e. The second kappa shape index (κ2) is 4.40. The predicted molar refractivity (Wildman–Crippen MR) is 68.7 cm³/mol. The number of piperazine rings is 1. The molecule has 5 heteroatoms. The van der Waals surface area contributed by atoms with E-state index in [0.29, 0.717) is 12.2 Å². The van der Waals surface area contributed by atoms with Gasteiger partial charge in [-0.25, -0.2) is 0 Å². The van der Waals surface area contributed by atoms with Crippen molar-refractivity contribution in [3.8, 4) is 0 Å². The van der Waals surface area contributed by atoms with Gasteiger partial charge in [0, 0.05) is 20.0 Å². The zero-order valence-electron chi connectivity index (χ0n) is 10.9. The maximum absolute atomic E-state index is 11.8. The highest BCUT2D eigenvalue weighted by molar-refractivity contribution is 5.93. The van der Waals surface area contributed by atoms with Gasteiger partial charge in [0.25, 0.3) is 0 Å². The molecule has 1 amide bonds. The van der Waals surface area contributed by atoms with Crippen LogP contribution in [0.5, 0.6) is 0 Å². The number of pyridine rings is 1. The summed E-state index contributed by atoms with van der Waals surface area (Å²) >= 11 is 0. The van der Waals surface area contributed by atoms with Crippen LogP contribution in [-0.4, -0.2) is 35.3 Å². The Morgan fingerprint density at radius 2 is 2.17 bits per heavy atom. The van der Waals surface area contributed by atoms with Crippen molar-refractivity contribution in [3.63, 3.8) is 0 Å². The molecule has 1 fully saturated rings. The molecule has 2 rings (SSSR count). The number of ketones is 1. The Morgan fingerprint density at radius 1 is 1.44 bits per heavy atom. The van der Waals surface area contributed by atoms with Crippen LogP contribution in [0.2, 0.25) is 0 Å². The summed E-state index contributed by atoms with van der Waals surface area (Å²) in [5.74, 6) is -0.0541. The van der Waals surface area contributed by atoms with Crippen LogP contribution < -0.4 is 10.2 Å². The van der Waals surface area contributed by atoms with E-state index in [1.165, 1.54) is 6.92 Å². The van der Waals surface area contributed by atoms with E-state index in [1.54, 1.807) is 12.3 Å². The van der Waals surface area contributed by atoms with E-state index in [1.807, 2.05) is 24.8 Å². The summed E-state index contributed by atoms with van der Waals surface area (Å²) in [5.41, 5.74) is 0.704. The zero-order chi connectivity index (χ0) is 13.3. The number of carbonyl (C=O) groups excluding carboxylic acids is 2. The van der Waals surface area contributed by atoms with Crippen LogP contribution in [0, 0.1) is 0 Å². The number of nitrogens with one attached hydrogen (secondary N) is 1. The zero-order valence-corrected chi connectivity index (χ0v) is 10.9. The highest BCUT2D eigenvalue weighted by atomic mass is 16.2. The minimum Gasteiger partial charge on any atom is -0.354 e. The van der Waals surface area contributed by atoms with Crippen molar-refractivity contribution in [2.75, 3.05) is 18.0 Å². The molecule has 0 atom stereocenters. The summed E-state index contributed by atoms with van der Waals surface area (Å²) < 4.78 is 0. The van der Waals surface area contributed by atoms with Crippen LogP contribution in [0.25, 0.3) is 0 Å². The first-order chi connectivity index (χ1) is 8.43. The summed E-state index contributed by atoms with van der Waals surface area (Å²) in [6, 6.07) is 3.53. The number of Topliss-reactive ketones (excluding diaryl/α,β-unsaturated/α-hetero) is 1. The van der Waals surface area contributed by atoms with Gasteiger partial charge in [-0.15, -0.1) is 0 Å². The van der Waals surface area contributed by atoms with E-state index in [0.717, 1.165) is 12.2 Å². The fourth-order valence-electron chi connectivity index (χ4n) is 2.11. The molecular weight excluding hydrogens is 230 g/mol. The second-order valence-corrected chi connectivity index (χ2v) is 4.92. The molecular formula is C13H17N3O2. The molecule has 5 nitrogen and oxygen atoms in total. The molecule has 0 aliphatic carbocycles. The van der Waals surface area contributed by atoms with Crippen LogP contribution in [-0.2, 0) is 4.79 Å². The van der Waals surface area contributed by atoms with Gasteiger partial charge in [0.1, 0.15) is 11.2 Å². The Kier molecular flexibility index (Phi) is 3.07. The van der Waals surface area contributed by atoms with Crippen molar-refractivity contribution in [3.05, 3.63) is 24.0 Å². The van der Waals surface area contributed by atoms with E-state index in [4.69, 9.17) is 0 Å². The standard InChI is InChI=1S/C13H17N3O2/c1-9(17)11-5-4-10(8-15-11)16-7-6-14-12(18)13(16,2)3/h4-5,8H,6-7H2,1-3H3,(H,14,18). The smallest absolute Gasteiger partial charge is 0.245 e. The first kappa shape index (κ1) is 12.5. The second-order valence-electron chi connectivity index (χ2n) is 4.92. The maximum atomic E-state index is 11.8. The molecule has 0 bridgehead atoms. The Hall–Kier alpha value is -1.91. The van der Waals surface area contributed by atoms with Gasteiger partial charge in [-0.2, -0.15) is 0 Å². The average molecular weight is 247 g/mol. The number of anilines is 1.